The average molecular weight is 453 g/mol. The van der Waals surface area contributed by atoms with Crippen LogP contribution in [-0.2, 0) is 0 Å². The van der Waals surface area contributed by atoms with Crippen molar-refractivity contribution in [2.45, 2.75) is 6.92 Å². The van der Waals surface area contributed by atoms with Gasteiger partial charge < -0.3 is 14.9 Å². The Morgan fingerprint density at radius 2 is 1.77 bits per heavy atom. The van der Waals surface area contributed by atoms with E-state index in [0.717, 1.165) is 45.3 Å². The first-order chi connectivity index (χ1) is 15.0. The molecular weight excluding hydrogens is 432 g/mol. The van der Waals surface area contributed by atoms with Gasteiger partial charge >= 0.3 is 0 Å². The van der Waals surface area contributed by atoms with E-state index in [1.54, 1.807) is 12.1 Å². The molecule has 8 heteroatoms. The second-order valence-electron chi connectivity index (χ2n) is 7.61. The Bertz CT molecular complexity index is 1270. The number of nitrogens with zero attached hydrogens (tertiary/aromatic N) is 4. The summed E-state index contributed by atoms with van der Waals surface area (Å²) in [5, 5.41) is 16.0. The van der Waals surface area contributed by atoms with Gasteiger partial charge in [0, 0.05) is 48.3 Å². The minimum Gasteiger partial charge on any atom is -0.508 e. The Hall–Kier alpha value is -3.03. The van der Waals surface area contributed by atoms with Crippen LogP contribution >= 0.6 is 22.9 Å². The summed E-state index contributed by atoms with van der Waals surface area (Å²) >= 11 is 7.62. The summed E-state index contributed by atoms with van der Waals surface area (Å²) in [6.07, 6.45) is 0. The second-order valence-corrected chi connectivity index (χ2v) is 9.07. The van der Waals surface area contributed by atoms with Gasteiger partial charge in [-0.3, -0.25) is 4.79 Å². The van der Waals surface area contributed by atoms with Crippen LogP contribution in [0.5, 0.6) is 5.75 Å². The van der Waals surface area contributed by atoms with Crippen LogP contribution < -0.4 is 4.90 Å². The Morgan fingerprint density at radius 3 is 2.52 bits per heavy atom. The summed E-state index contributed by atoms with van der Waals surface area (Å²) in [5.74, 6) is 0.305. The predicted molar refractivity (Wildman–Crippen MR) is 125 cm³/mol. The van der Waals surface area contributed by atoms with E-state index < -0.39 is 0 Å². The van der Waals surface area contributed by atoms with Gasteiger partial charge in [0.05, 0.1) is 16.3 Å². The van der Waals surface area contributed by atoms with E-state index >= 15 is 0 Å². The number of aromatic nitrogens is 2. The maximum absolute atomic E-state index is 13.2. The van der Waals surface area contributed by atoms with Crippen LogP contribution in [0.25, 0.3) is 15.9 Å². The maximum atomic E-state index is 13.2. The van der Waals surface area contributed by atoms with Crippen LogP contribution in [0.4, 0.5) is 5.69 Å². The van der Waals surface area contributed by atoms with E-state index in [2.05, 4.69) is 10.00 Å². The molecule has 0 radical (unpaired) electrons. The number of phenolic OH excluding ortho intramolecular Hbond substituents is 1. The Balaban J connectivity index is 1.37. The van der Waals surface area contributed by atoms with Crippen molar-refractivity contribution in [1.29, 1.82) is 0 Å². The number of phenols is 1. The molecule has 2 aromatic heterocycles. The third-order valence-corrected chi connectivity index (χ3v) is 6.90. The van der Waals surface area contributed by atoms with Gasteiger partial charge in [0.25, 0.3) is 5.91 Å². The molecule has 0 aliphatic carbocycles. The monoisotopic (exact) mass is 452 g/mol. The molecule has 0 atom stereocenters. The first-order valence-corrected chi connectivity index (χ1v) is 11.3. The highest BCUT2D eigenvalue weighted by Gasteiger charge is 2.25. The Labute approximate surface area is 188 Å². The number of rotatable bonds is 3. The summed E-state index contributed by atoms with van der Waals surface area (Å²) in [5.41, 5.74) is 2.75. The highest BCUT2D eigenvalue weighted by atomic mass is 35.5. The third-order valence-electron chi connectivity index (χ3n) is 5.57. The zero-order valence-electron chi connectivity index (χ0n) is 17.0. The largest absolute Gasteiger partial charge is 0.508 e. The molecule has 2 aromatic carbocycles. The van der Waals surface area contributed by atoms with E-state index in [4.69, 9.17) is 11.6 Å². The zero-order chi connectivity index (χ0) is 21.5. The van der Waals surface area contributed by atoms with Crippen LogP contribution in [0.3, 0.4) is 0 Å². The molecule has 1 aliphatic heterocycles. The van der Waals surface area contributed by atoms with Crippen molar-refractivity contribution in [3.8, 4) is 11.4 Å². The number of hydrogen-bond acceptors (Lipinski definition) is 5. The van der Waals surface area contributed by atoms with Crippen LogP contribution in [-0.4, -0.2) is 51.9 Å². The fraction of sp³-hybridized carbons (Fsp3) is 0.217. The predicted octanol–water partition coefficient (Wildman–Crippen LogP) is 4.72. The number of benzene rings is 2. The van der Waals surface area contributed by atoms with Gasteiger partial charge in [-0.2, -0.15) is 5.10 Å². The van der Waals surface area contributed by atoms with Crippen molar-refractivity contribution in [2.75, 3.05) is 31.1 Å². The third kappa shape index (κ3) is 3.75. The topological polar surface area (TPSA) is 61.6 Å². The molecule has 0 spiro atoms. The summed E-state index contributed by atoms with van der Waals surface area (Å²) in [6.45, 7) is 4.70. The van der Waals surface area contributed by atoms with Gasteiger partial charge in [-0.1, -0.05) is 23.7 Å². The van der Waals surface area contributed by atoms with E-state index in [1.807, 2.05) is 59.0 Å². The molecule has 1 fully saturated rings. The van der Waals surface area contributed by atoms with Crippen LogP contribution in [0.1, 0.15) is 15.4 Å². The second kappa shape index (κ2) is 7.90. The number of piperazine rings is 1. The number of hydrogen-bond donors (Lipinski definition) is 1. The molecule has 1 saturated heterocycles. The highest BCUT2D eigenvalue weighted by molar-refractivity contribution is 7.20. The summed E-state index contributed by atoms with van der Waals surface area (Å²) < 4.78 is 1.86. The molecule has 1 amide bonds. The number of anilines is 1. The standard InChI is InChI=1S/C23H21ClN4O2S/c1-15-20-14-21(31-23(20)28(25-15)18-6-2-4-16(24)12-18)22(30)27-10-8-26(9-11-27)17-5-3-7-19(29)13-17/h2-7,12-14,29H,8-11H2,1H3. The zero-order valence-corrected chi connectivity index (χ0v) is 18.5. The number of carbonyl (C=O) groups is 1. The van der Waals surface area contributed by atoms with Crippen LogP contribution in [0.2, 0.25) is 5.02 Å². The van der Waals surface area contributed by atoms with E-state index in [1.165, 1.54) is 11.3 Å². The summed E-state index contributed by atoms with van der Waals surface area (Å²) in [7, 11) is 0. The molecule has 4 aromatic rings. The Kier molecular flexibility index (Phi) is 5.08. The van der Waals surface area contributed by atoms with E-state index in [0.29, 0.717) is 18.1 Å². The van der Waals surface area contributed by atoms with Crippen molar-refractivity contribution in [1.82, 2.24) is 14.7 Å². The first kappa shape index (κ1) is 19.9. The lowest BCUT2D eigenvalue weighted by molar-refractivity contribution is 0.0751. The number of aryl methyl sites for hydroxylation is 1. The van der Waals surface area contributed by atoms with Crippen molar-refractivity contribution in [2.24, 2.45) is 0 Å². The maximum Gasteiger partial charge on any atom is 0.264 e. The van der Waals surface area contributed by atoms with Crippen LogP contribution in [0, 0.1) is 6.92 Å². The first-order valence-electron chi connectivity index (χ1n) is 10.1. The highest BCUT2D eigenvalue weighted by Crippen LogP contribution is 2.32. The van der Waals surface area contributed by atoms with Crippen molar-refractivity contribution in [3.63, 3.8) is 0 Å². The van der Waals surface area contributed by atoms with Crippen molar-refractivity contribution >= 4 is 44.7 Å². The van der Waals surface area contributed by atoms with Gasteiger partial charge in [0.1, 0.15) is 10.6 Å². The van der Waals surface area contributed by atoms with Gasteiger partial charge in [-0.15, -0.1) is 11.3 Å². The molecule has 6 nitrogen and oxygen atoms in total. The van der Waals surface area contributed by atoms with E-state index in [9.17, 15) is 9.90 Å². The summed E-state index contributed by atoms with van der Waals surface area (Å²) in [4.78, 5) is 19.0. The number of aromatic hydroxyl groups is 1. The molecule has 3 heterocycles. The van der Waals surface area contributed by atoms with Gasteiger partial charge in [0.15, 0.2) is 0 Å². The van der Waals surface area contributed by atoms with Gasteiger partial charge in [0.2, 0.25) is 0 Å². The number of halogens is 1. The lowest BCUT2D eigenvalue weighted by atomic mass is 10.2. The lowest BCUT2D eigenvalue weighted by Crippen LogP contribution is -2.48. The minimum absolute atomic E-state index is 0.0498. The van der Waals surface area contributed by atoms with E-state index in [-0.39, 0.29) is 11.7 Å². The SMILES string of the molecule is Cc1nn(-c2cccc(Cl)c2)c2sc(C(=O)N3CCN(c4cccc(O)c4)CC3)cc12. The molecule has 1 N–H and O–H groups in total. The normalized spacial score (nSPS) is 14.4. The average Bonchev–Trinajstić information content (AvgIpc) is 3.34. The fourth-order valence-corrected chi connectivity index (χ4v) is 5.28. The quantitative estimate of drug-likeness (QED) is 0.488. The molecular formula is C23H21ClN4O2S. The molecule has 0 saturated carbocycles. The smallest absolute Gasteiger partial charge is 0.264 e. The molecule has 1 aliphatic rings. The van der Waals surface area contributed by atoms with Crippen LogP contribution in [0.15, 0.2) is 54.6 Å². The molecule has 0 bridgehead atoms. The Morgan fingerprint density at radius 1 is 1.03 bits per heavy atom. The molecule has 0 unspecified atom stereocenters. The lowest BCUT2D eigenvalue weighted by Gasteiger charge is -2.36. The van der Waals surface area contributed by atoms with Crippen molar-refractivity contribution in [3.05, 3.63) is 70.2 Å². The molecule has 31 heavy (non-hydrogen) atoms. The number of carbonyl (C=O) groups excluding carboxylic acids is 1. The number of amides is 1. The minimum atomic E-state index is 0.0498. The summed E-state index contributed by atoms with van der Waals surface area (Å²) in [6, 6.07) is 16.7. The van der Waals surface area contributed by atoms with Crippen molar-refractivity contribution < 1.29 is 9.90 Å². The molecule has 5 rings (SSSR count). The van der Waals surface area contributed by atoms with Gasteiger partial charge in [-0.25, -0.2) is 4.68 Å². The number of fused-ring (bicyclic) bond motifs is 1. The molecule has 158 valence electrons. The number of thiophene rings is 1. The fourth-order valence-electron chi connectivity index (χ4n) is 3.95. The van der Waals surface area contributed by atoms with Gasteiger partial charge in [-0.05, 0) is 43.3 Å².